The largest absolute Gasteiger partial charge is 0.325 e. The second kappa shape index (κ2) is 7.25. The summed E-state index contributed by atoms with van der Waals surface area (Å²) in [6, 6.07) is 7.31. The molecule has 0 aromatic heterocycles. The minimum Gasteiger partial charge on any atom is -0.325 e. The molecular formula is C13H20N2O3S. The van der Waals surface area contributed by atoms with E-state index in [-0.39, 0.29) is 18.2 Å². The number of carbonyl (C=O) groups is 1. The van der Waals surface area contributed by atoms with E-state index in [1.165, 1.54) is 0 Å². The summed E-state index contributed by atoms with van der Waals surface area (Å²) in [5.41, 5.74) is 1.75. The molecule has 0 heterocycles. The first-order valence-corrected chi connectivity index (χ1v) is 7.92. The molecule has 5 nitrogen and oxygen atoms in total. The van der Waals surface area contributed by atoms with Crippen molar-refractivity contribution in [3.05, 3.63) is 29.8 Å². The second-order valence-corrected chi connectivity index (χ2v) is 6.33. The summed E-state index contributed by atoms with van der Waals surface area (Å²) in [6.07, 6.45) is 1.39. The summed E-state index contributed by atoms with van der Waals surface area (Å²) in [5.74, 6) is -0.315. The molecule has 0 fully saturated rings. The fourth-order valence-corrected chi connectivity index (χ4v) is 2.59. The molecular weight excluding hydrogens is 264 g/mol. The van der Waals surface area contributed by atoms with E-state index in [4.69, 9.17) is 0 Å². The zero-order valence-corrected chi connectivity index (χ0v) is 12.1. The Kier molecular flexibility index (Phi) is 5.98. The molecule has 19 heavy (non-hydrogen) atoms. The first-order chi connectivity index (χ1) is 8.93. The van der Waals surface area contributed by atoms with Gasteiger partial charge in [0.15, 0.2) is 0 Å². The Labute approximate surface area is 114 Å². The van der Waals surface area contributed by atoms with Gasteiger partial charge in [-0.15, -0.1) is 0 Å². The van der Waals surface area contributed by atoms with Crippen molar-refractivity contribution in [3.63, 3.8) is 0 Å². The maximum Gasteiger partial charge on any atom is 0.239 e. The number of hydrogen-bond acceptors (Lipinski definition) is 3. The third-order valence-corrected chi connectivity index (χ3v) is 3.96. The number of hydrogen-bond donors (Lipinski definition) is 2. The van der Waals surface area contributed by atoms with Gasteiger partial charge in [-0.3, -0.25) is 4.79 Å². The number of carbonyl (C=O) groups excluding carboxylic acids is 1. The van der Waals surface area contributed by atoms with E-state index >= 15 is 0 Å². The molecule has 0 radical (unpaired) electrons. The molecule has 0 spiro atoms. The topological polar surface area (TPSA) is 75.3 Å². The van der Waals surface area contributed by atoms with Crippen molar-refractivity contribution >= 4 is 21.6 Å². The minimum absolute atomic E-state index is 0.0569. The van der Waals surface area contributed by atoms with Crippen molar-refractivity contribution in [2.45, 2.75) is 26.7 Å². The summed E-state index contributed by atoms with van der Waals surface area (Å²) in [5, 5.41) is 2.63. The lowest BCUT2D eigenvalue weighted by Gasteiger charge is -2.07. The smallest absolute Gasteiger partial charge is 0.239 e. The van der Waals surface area contributed by atoms with Crippen LogP contribution in [0.25, 0.3) is 0 Å². The zero-order chi connectivity index (χ0) is 14.3. The standard InChI is InChI=1S/C13H20N2O3S/c1-3-4-9-19(17,18)14-10-13(16)15-12-7-5-11(2)6-8-12/h5-8,14H,3-4,9-10H2,1-2H3,(H,15,16). The summed E-state index contributed by atoms with van der Waals surface area (Å²) in [4.78, 5) is 11.6. The van der Waals surface area contributed by atoms with Crippen molar-refractivity contribution in [2.75, 3.05) is 17.6 Å². The number of rotatable bonds is 7. The zero-order valence-electron chi connectivity index (χ0n) is 11.3. The van der Waals surface area contributed by atoms with E-state index in [9.17, 15) is 13.2 Å². The van der Waals surface area contributed by atoms with Crippen molar-refractivity contribution in [1.29, 1.82) is 0 Å². The van der Waals surface area contributed by atoms with Crippen LogP contribution in [-0.4, -0.2) is 26.6 Å². The van der Waals surface area contributed by atoms with Crippen molar-refractivity contribution in [3.8, 4) is 0 Å². The first kappa shape index (κ1) is 15.7. The Morgan fingerprint density at radius 2 is 1.84 bits per heavy atom. The van der Waals surface area contributed by atoms with Gasteiger partial charge < -0.3 is 5.32 Å². The summed E-state index contributed by atoms with van der Waals surface area (Å²) >= 11 is 0. The number of aryl methyl sites for hydroxylation is 1. The fraction of sp³-hybridized carbons (Fsp3) is 0.462. The molecule has 0 unspecified atom stereocenters. The molecule has 1 aromatic rings. The quantitative estimate of drug-likeness (QED) is 0.799. The monoisotopic (exact) mass is 284 g/mol. The molecule has 106 valence electrons. The van der Waals surface area contributed by atoms with Gasteiger partial charge >= 0.3 is 0 Å². The summed E-state index contributed by atoms with van der Waals surface area (Å²) < 4.78 is 25.3. The third kappa shape index (κ3) is 6.35. The maximum atomic E-state index is 11.6. The molecule has 6 heteroatoms. The average molecular weight is 284 g/mol. The van der Waals surface area contributed by atoms with Crippen LogP contribution in [0.3, 0.4) is 0 Å². The van der Waals surface area contributed by atoms with Gasteiger partial charge in [-0.2, -0.15) is 0 Å². The van der Waals surface area contributed by atoms with Crippen molar-refractivity contribution < 1.29 is 13.2 Å². The molecule has 0 saturated heterocycles. The number of benzene rings is 1. The van der Waals surface area contributed by atoms with Gasteiger partial charge in [-0.1, -0.05) is 31.0 Å². The Bertz CT molecular complexity index is 509. The average Bonchev–Trinajstić information content (AvgIpc) is 2.37. The molecule has 2 N–H and O–H groups in total. The molecule has 0 bridgehead atoms. The highest BCUT2D eigenvalue weighted by Gasteiger charge is 2.11. The predicted molar refractivity (Wildman–Crippen MR) is 76.5 cm³/mol. The van der Waals surface area contributed by atoms with Crippen LogP contribution >= 0.6 is 0 Å². The summed E-state index contributed by atoms with van der Waals surface area (Å²) in [7, 11) is -3.35. The number of unbranched alkanes of at least 4 members (excludes halogenated alkanes) is 1. The van der Waals surface area contributed by atoms with Crippen LogP contribution < -0.4 is 10.0 Å². The van der Waals surface area contributed by atoms with Gasteiger partial charge in [0.1, 0.15) is 0 Å². The van der Waals surface area contributed by atoms with Crippen LogP contribution in [0.5, 0.6) is 0 Å². The Morgan fingerprint density at radius 3 is 2.42 bits per heavy atom. The number of amides is 1. The SMILES string of the molecule is CCCCS(=O)(=O)NCC(=O)Nc1ccc(C)cc1. The highest BCUT2D eigenvalue weighted by atomic mass is 32.2. The molecule has 1 amide bonds. The van der Waals surface area contributed by atoms with Gasteiger partial charge in [0.25, 0.3) is 0 Å². The summed E-state index contributed by atoms with van der Waals surface area (Å²) in [6.45, 7) is 3.63. The normalized spacial score (nSPS) is 11.3. The molecule has 0 aliphatic rings. The molecule has 0 atom stereocenters. The molecule has 1 aromatic carbocycles. The molecule has 1 rings (SSSR count). The second-order valence-electron chi connectivity index (χ2n) is 4.41. The van der Waals surface area contributed by atoms with E-state index in [1.807, 2.05) is 26.0 Å². The Balaban J connectivity index is 2.41. The fourth-order valence-electron chi connectivity index (χ4n) is 1.42. The lowest BCUT2D eigenvalue weighted by atomic mass is 10.2. The molecule has 0 aliphatic carbocycles. The lowest BCUT2D eigenvalue weighted by Crippen LogP contribution is -2.34. The number of sulfonamides is 1. The van der Waals surface area contributed by atoms with Crippen molar-refractivity contribution in [1.82, 2.24) is 4.72 Å². The van der Waals surface area contributed by atoms with E-state index in [0.29, 0.717) is 12.1 Å². The maximum absolute atomic E-state index is 11.6. The highest BCUT2D eigenvalue weighted by molar-refractivity contribution is 7.89. The molecule has 0 aliphatic heterocycles. The Morgan fingerprint density at radius 1 is 1.21 bits per heavy atom. The minimum atomic E-state index is -3.35. The van der Waals surface area contributed by atoms with E-state index in [1.54, 1.807) is 12.1 Å². The van der Waals surface area contributed by atoms with Gasteiger partial charge in [-0.05, 0) is 25.5 Å². The van der Waals surface area contributed by atoms with E-state index in [0.717, 1.165) is 12.0 Å². The number of nitrogens with one attached hydrogen (secondary N) is 2. The van der Waals surface area contributed by atoms with Crippen LogP contribution in [0.2, 0.25) is 0 Å². The van der Waals surface area contributed by atoms with Crippen LogP contribution in [0, 0.1) is 6.92 Å². The van der Waals surface area contributed by atoms with Crippen LogP contribution in [-0.2, 0) is 14.8 Å². The lowest BCUT2D eigenvalue weighted by molar-refractivity contribution is -0.115. The van der Waals surface area contributed by atoms with Gasteiger partial charge in [0.05, 0.1) is 12.3 Å². The van der Waals surface area contributed by atoms with Gasteiger partial charge in [0.2, 0.25) is 15.9 Å². The third-order valence-electron chi connectivity index (χ3n) is 2.55. The first-order valence-electron chi connectivity index (χ1n) is 6.27. The predicted octanol–water partition coefficient (Wildman–Crippen LogP) is 1.65. The Hall–Kier alpha value is -1.40. The number of anilines is 1. The molecule has 0 saturated carbocycles. The van der Waals surface area contributed by atoms with E-state index < -0.39 is 10.0 Å². The van der Waals surface area contributed by atoms with Crippen molar-refractivity contribution in [2.24, 2.45) is 0 Å². The highest BCUT2D eigenvalue weighted by Crippen LogP contribution is 2.08. The van der Waals surface area contributed by atoms with Gasteiger partial charge in [0, 0.05) is 5.69 Å². The van der Waals surface area contributed by atoms with Crippen LogP contribution in [0.15, 0.2) is 24.3 Å². The van der Waals surface area contributed by atoms with E-state index in [2.05, 4.69) is 10.0 Å². The van der Waals surface area contributed by atoms with Crippen LogP contribution in [0.4, 0.5) is 5.69 Å². The van der Waals surface area contributed by atoms with Gasteiger partial charge in [-0.25, -0.2) is 13.1 Å². The van der Waals surface area contributed by atoms with Crippen LogP contribution in [0.1, 0.15) is 25.3 Å².